The van der Waals surface area contributed by atoms with E-state index in [-0.39, 0.29) is 16.7 Å². The zero-order valence-corrected chi connectivity index (χ0v) is 15.8. The number of carbonyl (C=O) groups is 1. The highest BCUT2D eigenvalue weighted by Crippen LogP contribution is 2.43. The van der Waals surface area contributed by atoms with Gasteiger partial charge >= 0.3 is 0 Å². The van der Waals surface area contributed by atoms with Crippen LogP contribution in [-0.2, 0) is 26.0 Å². The number of hydrogen-bond donors (Lipinski definition) is 1. The van der Waals surface area contributed by atoms with Gasteiger partial charge in [0, 0.05) is 32.7 Å². The number of anilines is 1. The summed E-state index contributed by atoms with van der Waals surface area (Å²) < 4.78 is 33.6. The van der Waals surface area contributed by atoms with E-state index in [4.69, 9.17) is 4.74 Å². The Morgan fingerprint density at radius 2 is 2.00 bits per heavy atom. The van der Waals surface area contributed by atoms with E-state index in [2.05, 4.69) is 9.62 Å². The number of sulfonamides is 1. The number of amides is 1. The first-order chi connectivity index (χ1) is 12.5. The number of morpholine rings is 1. The predicted octanol–water partition coefficient (Wildman–Crippen LogP) is 0.693. The van der Waals surface area contributed by atoms with Crippen LogP contribution in [0.4, 0.5) is 5.69 Å². The molecule has 1 atom stereocenters. The highest BCUT2D eigenvalue weighted by atomic mass is 32.2. The van der Waals surface area contributed by atoms with Crippen molar-refractivity contribution in [1.82, 2.24) is 9.62 Å². The number of nitrogens with zero attached hydrogens (tertiary/aromatic N) is 2. The molecular formula is C18H25N3O4S. The summed E-state index contributed by atoms with van der Waals surface area (Å²) >= 11 is 0. The first-order valence-electron chi connectivity index (χ1n) is 9.25. The number of rotatable bonds is 5. The molecule has 26 heavy (non-hydrogen) atoms. The molecule has 0 radical (unpaired) electrons. The van der Waals surface area contributed by atoms with Gasteiger partial charge in [0.2, 0.25) is 15.9 Å². The van der Waals surface area contributed by atoms with Gasteiger partial charge in [0.25, 0.3) is 0 Å². The summed E-state index contributed by atoms with van der Waals surface area (Å²) in [6.45, 7) is 6.69. The van der Waals surface area contributed by atoms with Crippen LogP contribution in [0, 0.1) is 0 Å². The molecule has 1 aromatic rings. The summed E-state index contributed by atoms with van der Waals surface area (Å²) in [5, 5.41) is 0. The van der Waals surface area contributed by atoms with Crippen LogP contribution < -0.4 is 9.62 Å². The molecule has 3 aliphatic heterocycles. The minimum Gasteiger partial charge on any atom is -0.379 e. The summed E-state index contributed by atoms with van der Waals surface area (Å²) in [6, 6.07) is 3.43. The number of benzene rings is 1. The van der Waals surface area contributed by atoms with E-state index in [1.807, 2.05) is 11.8 Å². The molecule has 0 aliphatic carbocycles. The highest BCUT2D eigenvalue weighted by molar-refractivity contribution is 7.89. The van der Waals surface area contributed by atoms with Gasteiger partial charge in [-0.2, -0.15) is 0 Å². The average Bonchev–Trinajstić information content (AvgIpc) is 2.89. The lowest BCUT2D eigenvalue weighted by atomic mass is 9.97. The molecule has 1 N–H and O–H groups in total. The maximum absolute atomic E-state index is 12.8. The Hall–Kier alpha value is -1.48. The van der Waals surface area contributed by atoms with Gasteiger partial charge in [-0.15, -0.1) is 0 Å². The molecule has 4 rings (SSSR count). The molecule has 0 unspecified atom stereocenters. The Morgan fingerprint density at radius 3 is 2.77 bits per heavy atom. The normalized spacial score (nSPS) is 23.3. The second kappa shape index (κ2) is 6.92. The molecular weight excluding hydrogens is 354 g/mol. The first kappa shape index (κ1) is 17.9. The lowest BCUT2D eigenvalue weighted by molar-refractivity contribution is -0.119. The highest BCUT2D eigenvalue weighted by Gasteiger charge is 2.38. The van der Waals surface area contributed by atoms with Gasteiger partial charge in [0.15, 0.2) is 0 Å². The van der Waals surface area contributed by atoms with Gasteiger partial charge in [0.1, 0.15) is 0 Å². The van der Waals surface area contributed by atoms with E-state index in [1.165, 1.54) is 0 Å². The smallest absolute Gasteiger partial charge is 0.240 e. The minimum atomic E-state index is -3.59. The lowest BCUT2D eigenvalue weighted by Gasteiger charge is -2.27. The molecule has 142 valence electrons. The SMILES string of the molecule is C[C@H]1C(=O)N2CCCc3cc(S(=O)(=O)NCCN4CCOCC4)cc1c32. The van der Waals surface area contributed by atoms with Gasteiger partial charge < -0.3 is 9.64 Å². The van der Waals surface area contributed by atoms with Crippen LogP contribution in [0.1, 0.15) is 30.4 Å². The summed E-state index contributed by atoms with van der Waals surface area (Å²) in [5.41, 5.74) is 2.77. The van der Waals surface area contributed by atoms with Crippen LogP contribution in [0.3, 0.4) is 0 Å². The Kier molecular flexibility index (Phi) is 4.77. The molecule has 1 saturated heterocycles. The van der Waals surface area contributed by atoms with Crippen molar-refractivity contribution < 1.29 is 17.9 Å². The topological polar surface area (TPSA) is 79.0 Å². The van der Waals surface area contributed by atoms with Gasteiger partial charge in [-0.1, -0.05) is 0 Å². The van der Waals surface area contributed by atoms with Crippen molar-refractivity contribution in [3.05, 3.63) is 23.3 Å². The Balaban J connectivity index is 1.53. The summed E-state index contributed by atoms with van der Waals surface area (Å²) in [4.78, 5) is 16.7. The largest absolute Gasteiger partial charge is 0.379 e. The second-order valence-electron chi connectivity index (χ2n) is 7.19. The fourth-order valence-electron chi connectivity index (χ4n) is 4.07. The Morgan fingerprint density at radius 1 is 1.23 bits per heavy atom. The summed E-state index contributed by atoms with van der Waals surface area (Å²) in [6.07, 6.45) is 1.69. The summed E-state index contributed by atoms with van der Waals surface area (Å²) in [5.74, 6) is -0.193. The molecule has 1 amide bonds. The number of aryl methyl sites for hydroxylation is 1. The van der Waals surface area contributed by atoms with E-state index in [0.717, 1.165) is 49.3 Å². The third-order valence-corrected chi connectivity index (χ3v) is 6.97. The molecule has 7 nitrogen and oxygen atoms in total. The van der Waals surface area contributed by atoms with Crippen LogP contribution in [0.25, 0.3) is 0 Å². The van der Waals surface area contributed by atoms with Crippen molar-refractivity contribution in [2.24, 2.45) is 0 Å². The van der Waals surface area contributed by atoms with Crippen molar-refractivity contribution in [2.45, 2.75) is 30.6 Å². The first-order valence-corrected chi connectivity index (χ1v) is 10.7. The van der Waals surface area contributed by atoms with Gasteiger partial charge in [0.05, 0.1) is 29.7 Å². The van der Waals surface area contributed by atoms with E-state index >= 15 is 0 Å². The summed E-state index contributed by atoms with van der Waals surface area (Å²) in [7, 11) is -3.59. The molecule has 0 bridgehead atoms. The molecule has 0 aromatic heterocycles. The third kappa shape index (κ3) is 3.15. The van der Waals surface area contributed by atoms with Crippen molar-refractivity contribution in [1.29, 1.82) is 0 Å². The maximum Gasteiger partial charge on any atom is 0.240 e. The van der Waals surface area contributed by atoms with Crippen LogP contribution >= 0.6 is 0 Å². The van der Waals surface area contributed by atoms with Crippen molar-refractivity contribution >= 4 is 21.6 Å². The molecule has 0 spiro atoms. The number of carbonyl (C=O) groups excluding carboxylic acids is 1. The maximum atomic E-state index is 12.8. The molecule has 8 heteroatoms. The van der Waals surface area contributed by atoms with Gasteiger partial charge in [-0.3, -0.25) is 9.69 Å². The van der Waals surface area contributed by atoms with Crippen molar-refractivity contribution in [3.8, 4) is 0 Å². The van der Waals surface area contributed by atoms with Crippen LogP contribution in [0.2, 0.25) is 0 Å². The molecule has 0 saturated carbocycles. The predicted molar refractivity (Wildman–Crippen MR) is 98.0 cm³/mol. The minimum absolute atomic E-state index is 0.0794. The van der Waals surface area contributed by atoms with Crippen molar-refractivity contribution in [2.75, 3.05) is 50.8 Å². The van der Waals surface area contributed by atoms with Crippen LogP contribution in [0.15, 0.2) is 17.0 Å². The monoisotopic (exact) mass is 379 g/mol. The fraction of sp³-hybridized carbons (Fsp3) is 0.611. The molecule has 1 aromatic carbocycles. The zero-order chi connectivity index (χ0) is 18.3. The van der Waals surface area contributed by atoms with E-state index in [1.54, 1.807) is 12.1 Å². The zero-order valence-electron chi connectivity index (χ0n) is 15.0. The van der Waals surface area contributed by atoms with E-state index < -0.39 is 10.0 Å². The number of ether oxygens (including phenoxy) is 1. The lowest BCUT2D eigenvalue weighted by Crippen LogP contribution is -2.41. The van der Waals surface area contributed by atoms with E-state index in [0.29, 0.717) is 26.3 Å². The van der Waals surface area contributed by atoms with Crippen LogP contribution in [-0.4, -0.2) is 65.2 Å². The Bertz CT molecular complexity index is 818. The average molecular weight is 379 g/mol. The van der Waals surface area contributed by atoms with Gasteiger partial charge in [-0.05, 0) is 43.0 Å². The van der Waals surface area contributed by atoms with Gasteiger partial charge in [-0.25, -0.2) is 13.1 Å². The number of hydrogen-bond acceptors (Lipinski definition) is 5. The van der Waals surface area contributed by atoms with Crippen LogP contribution in [0.5, 0.6) is 0 Å². The number of nitrogens with one attached hydrogen (secondary N) is 1. The fourth-order valence-corrected chi connectivity index (χ4v) is 5.17. The molecule has 3 heterocycles. The second-order valence-corrected chi connectivity index (χ2v) is 8.95. The van der Waals surface area contributed by atoms with E-state index in [9.17, 15) is 13.2 Å². The van der Waals surface area contributed by atoms with Crippen molar-refractivity contribution in [3.63, 3.8) is 0 Å². The molecule has 1 fully saturated rings. The quantitative estimate of drug-likeness (QED) is 0.815. The Labute approximate surface area is 154 Å². The third-order valence-electron chi connectivity index (χ3n) is 5.53. The molecule has 3 aliphatic rings. The standard InChI is InChI=1S/C18H25N3O4S/c1-13-16-12-15(11-14-3-2-5-21(17(14)16)18(13)22)26(23,24)19-4-6-20-7-9-25-10-8-20/h11-13,19H,2-10H2,1H3/t13-/m1/s1.